The molecule has 0 fully saturated rings. The largest absolute Gasteiger partial charge is 0.497 e. The zero-order valence-electron chi connectivity index (χ0n) is 11.2. The van der Waals surface area contributed by atoms with Gasteiger partial charge in [0.15, 0.2) is 5.13 Å². The molecule has 0 unspecified atom stereocenters. The van der Waals surface area contributed by atoms with Crippen LogP contribution in [0.5, 0.6) is 11.5 Å². The van der Waals surface area contributed by atoms with Crippen LogP contribution in [0.2, 0.25) is 0 Å². The van der Waals surface area contributed by atoms with Gasteiger partial charge in [0.05, 0.1) is 30.1 Å². The molecule has 20 heavy (non-hydrogen) atoms. The molecule has 0 saturated carbocycles. The first-order valence-corrected chi connectivity index (χ1v) is 6.96. The summed E-state index contributed by atoms with van der Waals surface area (Å²) in [7, 11) is 3.31. The van der Waals surface area contributed by atoms with Crippen molar-refractivity contribution >= 4 is 32.4 Å². The standard InChI is InChI=1S/C15H14N2O2S/c1-18-10-7-8-14-12(9-10)17-15(20-14)16-11-5-3-4-6-13(11)19-2/h3-9H,1-2H3,(H,16,17). The van der Waals surface area contributed by atoms with E-state index in [2.05, 4.69) is 10.3 Å². The van der Waals surface area contributed by atoms with E-state index in [1.165, 1.54) is 0 Å². The smallest absolute Gasteiger partial charge is 0.188 e. The summed E-state index contributed by atoms with van der Waals surface area (Å²) in [6.07, 6.45) is 0. The van der Waals surface area contributed by atoms with Crippen LogP contribution in [-0.2, 0) is 0 Å². The maximum atomic E-state index is 5.32. The van der Waals surface area contributed by atoms with Crippen molar-refractivity contribution in [2.24, 2.45) is 0 Å². The van der Waals surface area contributed by atoms with Crippen molar-refractivity contribution in [1.82, 2.24) is 4.98 Å². The number of para-hydroxylation sites is 2. The van der Waals surface area contributed by atoms with Gasteiger partial charge in [0.25, 0.3) is 0 Å². The first kappa shape index (κ1) is 12.7. The lowest BCUT2D eigenvalue weighted by Crippen LogP contribution is -1.93. The molecular formula is C15H14N2O2S. The molecule has 3 rings (SSSR count). The summed E-state index contributed by atoms with van der Waals surface area (Å²) in [6.45, 7) is 0. The fourth-order valence-corrected chi connectivity index (χ4v) is 2.81. The van der Waals surface area contributed by atoms with E-state index in [1.807, 2.05) is 42.5 Å². The van der Waals surface area contributed by atoms with E-state index >= 15 is 0 Å². The zero-order chi connectivity index (χ0) is 13.9. The average molecular weight is 286 g/mol. The number of thiazole rings is 1. The van der Waals surface area contributed by atoms with Gasteiger partial charge in [-0.05, 0) is 24.3 Å². The first-order chi connectivity index (χ1) is 9.80. The normalized spacial score (nSPS) is 10.5. The molecular weight excluding hydrogens is 272 g/mol. The number of anilines is 2. The minimum absolute atomic E-state index is 0.796. The van der Waals surface area contributed by atoms with E-state index in [0.717, 1.165) is 32.5 Å². The number of hydrogen-bond acceptors (Lipinski definition) is 5. The highest BCUT2D eigenvalue weighted by Crippen LogP contribution is 2.33. The molecule has 102 valence electrons. The Morgan fingerprint density at radius 3 is 2.70 bits per heavy atom. The molecule has 0 aliphatic carbocycles. The molecule has 1 aromatic heterocycles. The molecule has 0 bridgehead atoms. The number of fused-ring (bicyclic) bond motifs is 1. The summed E-state index contributed by atoms with van der Waals surface area (Å²) in [6, 6.07) is 13.7. The number of rotatable bonds is 4. The van der Waals surface area contributed by atoms with Gasteiger partial charge in [-0.15, -0.1) is 0 Å². The second-order valence-corrected chi connectivity index (χ2v) is 5.21. The number of nitrogens with one attached hydrogen (secondary N) is 1. The molecule has 1 heterocycles. The topological polar surface area (TPSA) is 43.4 Å². The summed E-state index contributed by atoms with van der Waals surface area (Å²) in [5, 5.41) is 4.12. The van der Waals surface area contributed by atoms with Gasteiger partial charge in [-0.2, -0.15) is 0 Å². The predicted octanol–water partition coefficient (Wildman–Crippen LogP) is 4.06. The predicted molar refractivity (Wildman–Crippen MR) is 82.4 cm³/mol. The molecule has 0 aliphatic heterocycles. The van der Waals surface area contributed by atoms with Gasteiger partial charge in [0, 0.05) is 6.07 Å². The fraction of sp³-hybridized carbons (Fsp3) is 0.133. The second kappa shape index (κ2) is 5.38. The van der Waals surface area contributed by atoms with Gasteiger partial charge in [0.2, 0.25) is 0 Å². The molecule has 0 radical (unpaired) electrons. The monoisotopic (exact) mass is 286 g/mol. The summed E-state index contributed by atoms with van der Waals surface area (Å²) in [4.78, 5) is 4.56. The van der Waals surface area contributed by atoms with Crippen molar-refractivity contribution in [3.8, 4) is 11.5 Å². The van der Waals surface area contributed by atoms with Gasteiger partial charge in [0.1, 0.15) is 11.5 Å². The molecule has 0 aliphatic rings. The number of aromatic nitrogens is 1. The molecule has 3 aromatic rings. The van der Waals surface area contributed by atoms with Gasteiger partial charge in [-0.25, -0.2) is 4.98 Å². The minimum Gasteiger partial charge on any atom is -0.497 e. The third-order valence-corrected chi connectivity index (χ3v) is 3.90. The van der Waals surface area contributed by atoms with Gasteiger partial charge in [-0.3, -0.25) is 0 Å². The molecule has 0 saturated heterocycles. The van der Waals surface area contributed by atoms with Crippen molar-refractivity contribution in [2.75, 3.05) is 19.5 Å². The number of benzene rings is 2. The Morgan fingerprint density at radius 2 is 1.90 bits per heavy atom. The van der Waals surface area contributed by atoms with Crippen LogP contribution in [0.4, 0.5) is 10.8 Å². The summed E-state index contributed by atoms with van der Waals surface area (Å²) < 4.78 is 11.6. The number of ether oxygens (including phenoxy) is 2. The van der Waals surface area contributed by atoms with Crippen molar-refractivity contribution in [3.05, 3.63) is 42.5 Å². The number of nitrogens with zero attached hydrogens (tertiary/aromatic N) is 1. The van der Waals surface area contributed by atoms with E-state index in [1.54, 1.807) is 25.6 Å². The summed E-state index contributed by atoms with van der Waals surface area (Å²) in [5.74, 6) is 1.61. The molecule has 0 amide bonds. The van der Waals surface area contributed by atoms with Crippen LogP contribution in [0.25, 0.3) is 10.2 Å². The zero-order valence-corrected chi connectivity index (χ0v) is 12.0. The highest BCUT2D eigenvalue weighted by molar-refractivity contribution is 7.22. The van der Waals surface area contributed by atoms with E-state index in [4.69, 9.17) is 9.47 Å². The van der Waals surface area contributed by atoms with Crippen molar-refractivity contribution in [1.29, 1.82) is 0 Å². The molecule has 4 nitrogen and oxygen atoms in total. The highest BCUT2D eigenvalue weighted by Gasteiger charge is 2.07. The van der Waals surface area contributed by atoms with Crippen molar-refractivity contribution < 1.29 is 9.47 Å². The van der Waals surface area contributed by atoms with E-state index in [9.17, 15) is 0 Å². The van der Waals surface area contributed by atoms with Crippen LogP contribution in [0.1, 0.15) is 0 Å². The summed E-state index contributed by atoms with van der Waals surface area (Å²) in [5.41, 5.74) is 1.83. The van der Waals surface area contributed by atoms with E-state index in [0.29, 0.717) is 0 Å². The lowest BCUT2D eigenvalue weighted by atomic mass is 10.3. The van der Waals surface area contributed by atoms with Crippen LogP contribution in [0.15, 0.2) is 42.5 Å². The van der Waals surface area contributed by atoms with E-state index in [-0.39, 0.29) is 0 Å². The van der Waals surface area contributed by atoms with Crippen LogP contribution in [-0.4, -0.2) is 19.2 Å². The first-order valence-electron chi connectivity index (χ1n) is 6.15. The number of methoxy groups -OCH3 is 2. The SMILES string of the molecule is COc1ccc2sc(Nc3ccccc3OC)nc2c1. The molecule has 2 aromatic carbocycles. The Hall–Kier alpha value is -2.27. The lowest BCUT2D eigenvalue weighted by Gasteiger charge is -2.07. The molecule has 1 N–H and O–H groups in total. The Bertz CT molecular complexity index is 740. The van der Waals surface area contributed by atoms with Crippen molar-refractivity contribution in [2.45, 2.75) is 0 Å². The molecule has 0 atom stereocenters. The van der Waals surface area contributed by atoms with Gasteiger partial charge in [-0.1, -0.05) is 23.5 Å². The minimum atomic E-state index is 0.796. The Morgan fingerprint density at radius 1 is 1.05 bits per heavy atom. The van der Waals surface area contributed by atoms with E-state index < -0.39 is 0 Å². The lowest BCUT2D eigenvalue weighted by molar-refractivity contribution is 0.415. The Balaban J connectivity index is 1.94. The average Bonchev–Trinajstić information content (AvgIpc) is 2.89. The summed E-state index contributed by atoms with van der Waals surface area (Å²) >= 11 is 1.60. The second-order valence-electron chi connectivity index (χ2n) is 4.18. The van der Waals surface area contributed by atoms with Crippen LogP contribution < -0.4 is 14.8 Å². The van der Waals surface area contributed by atoms with Gasteiger partial charge < -0.3 is 14.8 Å². The third-order valence-electron chi connectivity index (χ3n) is 2.94. The Labute approximate surface area is 121 Å². The third kappa shape index (κ3) is 2.40. The number of hydrogen-bond donors (Lipinski definition) is 1. The highest BCUT2D eigenvalue weighted by atomic mass is 32.1. The molecule has 0 spiro atoms. The fourth-order valence-electron chi connectivity index (χ4n) is 1.95. The van der Waals surface area contributed by atoms with Crippen molar-refractivity contribution in [3.63, 3.8) is 0 Å². The quantitative estimate of drug-likeness (QED) is 0.785. The Kier molecular flexibility index (Phi) is 3.43. The maximum absolute atomic E-state index is 5.32. The van der Waals surface area contributed by atoms with Gasteiger partial charge >= 0.3 is 0 Å². The van der Waals surface area contributed by atoms with Crippen LogP contribution in [0, 0.1) is 0 Å². The molecule has 5 heteroatoms. The maximum Gasteiger partial charge on any atom is 0.188 e. The van der Waals surface area contributed by atoms with Crippen LogP contribution >= 0.6 is 11.3 Å². The van der Waals surface area contributed by atoms with Crippen LogP contribution in [0.3, 0.4) is 0 Å².